The lowest BCUT2D eigenvalue weighted by Crippen LogP contribution is -2.59. The number of hydrogen-bond acceptors (Lipinski definition) is 4. The summed E-state index contributed by atoms with van der Waals surface area (Å²) in [5.41, 5.74) is -0.894. The molecular formula is C14H14F3N5. The highest BCUT2D eigenvalue weighted by molar-refractivity contribution is 5.52. The normalized spacial score (nSPS) is 33.3. The van der Waals surface area contributed by atoms with Gasteiger partial charge in [0.05, 0.1) is 0 Å². The highest BCUT2D eigenvalue weighted by Gasteiger charge is 2.57. The van der Waals surface area contributed by atoms with E-state index in [0.29, 0.717) is 23.7 Å². The maximum atomic E-state index is 13.1. The average molecular weight is 309 g/mol. The molecule has 2 saturated carbocycles. The number of aromatic nitrogens is 4. The van der Waals surface area contributed by atoms with Crippen LogP contribution in [-0.2, 0) is 6.18 Å². The molecule has 3 fully saturated rings. The van der Waals surface area contributed by atoms with Gasteiger partial charge in [0.1, 0.15) is 12.1 Å². The molecule has 0 aromatic carbocycles. The van der Waals surface area contributed by atoms with E-state index >= 15 is 0 Å². The monoisotopic (exact) mass is 309 g/mol. The van der Waals surface area contributed by atoms with Crippen molar-refractivity contribution in [1.29, 1.82) is 0 Å². The van der Waals surface area contributed by atoms with Gasteiger partial charge in [0.25, 0.3) is 5.78 Å². The Morgan fingerprint density at radius 1 is 1.18 bits per heavy atom. The minimum atomic E-state index is -4.47. The average Bonchev–Trinajstić information content (AvgIpc) is 3.09. The molecule has 0 unspecified atom stereocenters. The van der Waals surface area contributed by atoms with Crippen molar-refractivity contribution in [3.8, 4) is 0 Å². The maximum Gasteiger partial charge on any atom is 0.433 e. The van der Waals surface area contributed by atoms with Crippen LogP contribution in [0.1, 0.15) is 25.0 Å². The second-order valence-electron chi connectivity index (χ2n) is 6.61. The summed E-state index contributed by atoms with van der Waals surface area (Å²) in [5.74, 6) is 2.51. The molecule has 2 aromatic heterocycles. The minimum absolute atomic E-state index is 0.0106. The minimum Gasteiger partial charge on any atom is -0.352 e. The molecule has 0 spiro atoms. The van der Waals surface area contributed by atoms with Crippen LogP contribution in [0.5, 0.6) is 0 Å². The lowest BCUT2D eigenvalue weighted by molar-refractivity contribution is -0.141. The Labute approximate surface area is 124 Å². The zero-order chi connectivity index (χ0) is 15.1. The van der Waals surface area contributed by atoms with Crippen LogP contribution in [0.25, 0.3) is 5.78 Å². The summed E-state index contributed by atoms with van der Waals surface area (Å²) in [6.45, 7) is 0.822. The number of fused-ring (bicyclic) bond motifs is 6. The lowest BCUT2D eigenvalue weighted by Gasteiger charge is -2.51. The smallest absolute Gasteiger partial charge is 0.352 e. The zero-order valence-electron chi connectivity index (χ0n) is 11.7. The predicted molar refractivity (Wildman–Crippen MR) is 71.2 cm³/mol. The standard InChI is InChI=1S/C14H14F3N5/c15-14(16,17)10-4-11(22-13(20-10)18-6-19-22)21-5-9-7-1-2-8(3-7)12(9)21/h4,6-9,12H,1-3,5H2/t7-,8-,9-,12-/m0/s1. The van der Waals surface area contributed by atoms with Crippen molar-refractivity contribution in [2.45, 2.75) is 31.5 Å². The molecule has 5 rings (SSSR count). The first-order chi connectivity index (χ1) is 10.5. The van der Waals surface area contributed by atoms with Crippen LogP contribution in [0.4, 0.5) is 19.0 Å². The molecule has 2 bridgehead atoms. The van der Waals surface area contributed by atoms with Gasteiger partial charge in [-0.05, 0) is 37.0 Å². The molecule has 2 aromatic rings. The van der Waals surface area contributed by atoms with E-state index in [0.717, 1.165) is 18.5 Å². The molecule has 0 N–H and O–H groups in total. The van der Waals surface area contributed by atoms with Gasteiger partial charge in [-0.15, -0.1) is 0 Å². The molecule has 8 heteroatoms. The van der Waals surface area contributed by atoms with Gasteiger partial charge >= 0.3 is 6.18 Å². The Kier molecular flexibility index (Phi) is 2.25. The van der Waals surface area contributed by atoms with Gasteiger partial charge in [-0.2, -0.15) is 27.8 Å². The summed E-state index contributed by atoms with van der Waals surface area (Å²) in [4.78, 5) is 9.50. The molecule has 1 aliphatic heterocycles. The van der Waals surface area contributed by atoms with E-state index in [1.165, 1.54) is 30.1 Å². The number of hydrogen-bond donors (Lipinski definition) is 0. The Morgan fingerprint density at radius 2 is 2.00 bits per heavy atom. The quantitative estimate of drug-likeness (QED) is 0.811. The fraction of sp³-hybridized carbons (Fsp3) is 0.643. The van der Waals surface area contributed by atoms with E-state index in [4.69, 9.17) is 0 Å². The summed E-state index contributed by atoms with van der Waals surface area (Å²) in [5, 5.41) is 4.06. The number of rotatable bonds is 1. The van der Waals surface area contributed by atoms with Crippen molar-refractivity contribution in [1.82, 2.24) is 19.6 Å². The first kappa shape index (κ1) is 12.7. The first-order valence-corrected chi connectivity index (χ1v) is 7.57. The molecule has 1 saturated heterocycles. The van der Waals surface area contributed by atoms with Crippen LogP contribution in [0.15, 0.2) is 12.4 Å². The third kappa shape index (κ3) is 1.52. The maximum absolute atomic E-state index is 13.1. The van der Waals surface area contributed by atoms with E-state index < -0.39 is 11.9 Å². The predicted octanol–water partition coefficient (Wildman–Crippen LogP) is 2.38. The van der Waals surface area contributed by atoms with Crippen molar-refractivity contribution in [3.63, 3.8) is 0 Å². The third-order valence-electron chi connectivity index (χ3n) is 5.63. The van der Waals surface area contributed by atoms with Crippen molar-refractivity contribution in [2.24, 2.45) is 17.8 Å². The van der Waals surface area contributed by atoms with E-state index in [2.05, 4.69) is 20.0 Å². The molecule has 0 radical (unpaired) electrons. The lowest BCUT2D eigenvalue weighted by atomic mass is 9.77. The van der Waals surface area contributed by atoms with Gasteiger partial charge in [0.2, 0.25) is 0 Å². The Balaban J connectivity index is 1.61. The molecule has 5 nitrogen and oxygen atoms in total. The summed E-state index contributed by atoms with van der Waals surface area (Å²) in [7, 11) is 0. The summed E-state index contributed by atoms with van der Waals surface area (Å²) >= 11 is 0. The number of alkyl halides is 3. The van der Waals surface area contributed by atoms with Crippen molar-refractivity contribution in [3.05, 3.63) is 18.1 Å². The van der Waals surface area contributed by atoms with Gasteiger partial charge < -0.3 is 4.90 Å². The van der Waals surface area contributed by atoms with Gasteiger partial charge in [-0.1, -0.05) is 0 Å². The number of nitrogens with zero attached hydrogens (tertiary/aromatic N) is 5. The van der Waals surface area contributed by atoms with E-state index in [9.17, 15) is 13.2 Å². The van der Waals surface area contributed by atoms with E-state index in [-0.39, 0.29) is 5.78 Å². The van der Waals surface area contributed by atoms with Gasteiger partial charge in [0.15, 0.2) is 5.69 Å². The highest BCUT2D eigenvalue weighted by atomic mass is 19.4. The second-order valence-corrected chi connectivity index (χ2v) is 6.61. The van der Waals surface area contributed by atoms with Crippen LogP contribution in [0.3, 0.4) is 0 Å². The topological polar surface area (TPSA) is 46.3 Å². The highest BCUT2D eigenvalue weighted by Crippen LogP contribution is 2.56. The molecule has 22 heavy (non-hydrogen) atoms. The van der Waals surface area contributed by atoms with E-state index in [1.54, 1.807) is 0 Å². The van der Waals surface area contributed by atoms with Crippen molar-refractivity contribution >= 4 is 11.6 Å². The number of anilines is 1. The fourth-order valence-corrected chi connectivity index (χ4v) is 4.73. The molecule has 4 atom stereocenters. The van der Waals surface area contributed by atoms with Gasteiger partial charge in [0, 0.05) is 18.7 Å². The van der Waals surface area contributed by atoms with Crippen LogP contribution >= 0.6 is 0 Å². The third-order valence-corrected chi connectivity index (χ3v) is 5.63. The zero-order valence-corrected chi connectivity index (χ0v) is 11.7. The van der Waals surface area contributed by atoms with Crippen LogP contribution in [-0.4, -0.2) is 32.2 Å². The Bertz CT molecular complexity index is 753. The van der Waals surface area contributed by atoms with Crippen molar-refractivity contribution < 1.29 is 13.2 Å². The van der Waals surface area contributed by atoms with Crippen LogP contribution in [0.2, 0.25) is 0 Å². The van der Waals surface area contributed by atoms with Crippen molar-refractivity contribution in [2.75, 3.05) is 11.4 Å². The SMILES string of the molecule is FC(F)(F)c1cc(N2C[C@H]3[C@H]4CC[C@@H](C4)[C@@H]32)n2ncnc2n1. The second kappa shape index (κ2) is 3.91. The molecular weight excluding hydrogens is 295 g/mol. The molecule has 2 aliphatic carbocycles. The Hall–Kier alpha value is -1.86. The van der Waals surface area contributed by atoms with Gasteiger partial charge in [-0.3, -0.25) is 0 Å². The largest absolute Gasteiger partial charge is 0.433 e. The summed E-state index contributed by atoms with van der Waals surface area (Å²) < 4.78 is 40.6. The van der Waals surface area contributed by atoms with Crippen LogP contribution < -0.4 is 4.90 Å². The summed E-state index contributed by atoms with van der Waals surface area (Å²) in [6.07, 6.45) is 0.484. The van der Waals surface area contributed by atoms with E-state index in [1.807, 2.05) is 0 Å². The molecule has 0 amide bonds. The molecule has 3 aliphatic rings. The first-order valence-electron chi connectivity index (χ1n) is 7.57. The van der Waals surface area contributed by atoms with Gasteiger partial charge in [-0.25, -0.2) is 4.98 Å². The number of halogens is 3. The fourth-order valence-electron chi connectivity index (χ4n) is 4.73. The Morgan fingerprint density at radius 3 is 2.77 bits per heavy atom. The molecule has 3 heterocycles. The molecule has 116 valence electrons. The summed E-state index contributed by atoms with van der Waals surface area (Å²) in [6, 6.07) is 1.49. The van der Waals surface area contributed by atoms with Crippen LogP contribution in [0, 0.1) is 17.8 Å².